The van der Waals surface area contributed by atoms with Crippen molar-refractivity contribution in [1.82, 2.24) is 0 Å². The number of methoxy groups -OCH3 is 3. The molecule has 0 radical (unpaired) electrons. The minimum Gasteiger partial charge on any atom is -0.468 e. The first kappa shape index (κ1) is 50.1. The van der Waals surface area contributed by atoms with Crippen LogP contribution in [0, 0.1) is 38.9 Å². The summed E-state index contributed by atoms with van der Waals surface area (Å²) in [5.74, 6) is -7.61. The lowest BCUT2D eigenvalue weighted by Gasteiger charge is -2.75. The highest BCUT2D eigenvalue weighted by Gasteiger charge is 2.82. The highest BCUT2D eigenvalue weighted by Crippen LogP contribution is 2.78. The first-order chi connectivity index (χ1) is 31.2. The number of ether oxygens (including phenoxy) is 6. The summed E-state index contributed by atoms with van der Waals surface area (Å²) in [7, 11) is 2.59. The van der Waals surface area contributed by atoms with E-state index in [1.165, 1.54) is 56.5 Å². The fourth-order valence-electron chi connectivity index (χ4n) is 13.8. The molecule has 0 spiro atoms. The average molecular weight is 949 g/mol. The number of allylic oxidation sites excluding steroid dienone is 2. The second-order valence-electron chi connectivity index (χ2n) is 20.0. The lowest BCUT2D eigenvalue weighted by molar-refractivity contribution is -0.326. The number of cyclic esters (lactones) is 1. The molecule has 11 nitrogen and oxygen atoms in total. The minimum atomic E-state index is -5.44. The van der Waals surface area contributed by atoms with Crippen LogP contribution in [0.15, 0.2) is 84.5 Å². The molecule has 3 saturated carbocycles. The Morgan fingerprint density at radius 1 is 0.806 bits per heavy atom. The second kappa shape index (κ2) is 16.7. The largest absolute Gasteiger partial charge is 0.468 e. The van der Waals surface area contributed by atoms with Crippen LogP contribution in [0.2, 0.25) is 0 Å². The quantitative estimate of drug-likeness (QED) is 0.106. The van der Waals surface area contributed by atoms with E-state index in [1.807, 2.05) is 19.9 Å². The number of hydrogen-bond acceptors (Lipinski definition) is 11. The van der Waals surface area contributed by atoms with Gasteiger partial charge in [-0.15, -0.1) is 0 Å². The maximum atomic E-state index is 15.7. The first-order valence-corrected chi connectivity index (χ1v) is 22.3. The number of carbonyl (C=O) groups excluding carboxylic acids is 4. The van der Waals surface area contributed by atoms with Crippen molar-refractivity contribution < 1.29 is 79.0 Å². The topological polar surface area (TPSA) is 144 Å². The van der Waals surface area contributed by atoms with Crippen LogP contribution in [-0.2, 0) is 58.8 Å². The monoisotopic (exact) mass is 948 g/mol. The Hall–Kier alpha value is -4.74. The smallest absolute Gasteiger partial charge is 0.432 e. The van der Waals surface area contributed by atoms with E-state index in [0.717, 1.165) is 35.9 Å². The van der Waals surface area contributed by atoms with Gasteiger partial charge >= 0.3 is 36.2 Å². The molecule has 366 valence electrons. The summed E-state index contributed by atoms with van der Waals surface area (Å²) in [5.41, 5.74) is -17.0. The Bertz CT molecular complexity index is 2320. The zero-order valence-corrected chi connectivity index (χ0v) is 38.8. The molecule has 4 aliphatic carbocycles. The van der Waals surface area contributed by atoms with Gasteiger partial charge in [0, 0.05) is 42.8 Å². The van der Waals surface area contributed by atoms with E-state index in [2.05, 4.69) is 0 Å². The van der Waals surface area contributed by atoms with Crippen LogP contribution >= 0.6 is 0 Å². The van der Waals surface area contributed by atoms with Gasteiger partial charge in [0.05, 0.1) is 18.1 Å². The molecule has 0 unspecified atom stereocenters. The van der Waals surface area contributed by atoms with Gasteiger partial charge in [0.1, 0.15) is 24.2 Å². The van der Waals surface area contributed by atoms with Gasteiger partial charge in [0.25, 0.3) is 11.2 Å². The van der Waals surface area contributed by atoms with Crippen molar-refractivity contribution in [3.8, 4) is 0 Å². The van der Waals surface area contributed by atoms with Crippen molar-refractivity contribution in [3.63, 3.8) is 0 Å². The summed E-state index contributed by atoms with van der Waals surface area (Å²) >= 11 is 0. The molecule has 0 saturated heterocycles. The third-order valence-corrected chi connectivity index (χ3v) is 17.2. The number of fused-ring (bicyclic) bond motifs is 7. The third kappa shape index (κ3) is 6.85. The van der Waals surface area contributed by atoms with E-state index in [0.29, 0.717) is 27.1 Å². The zero-order valence-electron chi connectivity index (χ0n) is 38.8. The van der Waals surface area contributed by atoms with Crippen LogP contribution < -0.4 is 0 Å². The number of carbonyl (C=O) groups is 4. The summed E-state index contributed by atoms with van der Waals surface area (Å²) in [5, 5.41) is 13.4. The number of aliphatic hydroxyl groups is 1. The Balaban J connectivity index is 1.48. The number of halogens is 6. The molecule has 0 bridgehead atoms. The number of alkyl halides is 6. The molecule has 0 aromatic heterocycles. The van der Waals surface area contributed by atoms with Gasteiger partial charge in [-0.25, -0.2) is 14.4 Å². The highest BCUT2D eigenvalue weighted by atomic mass is 19.4. The number of benzene rings is 2. The fraction of sp³-hybridized carbons (Fsp3) is 0.600. The van der Waals surface area contributed by atoms with Gasteiger partial charge in [0.2, 0.25) is 0 Å². The van der Waals surface area contributed by atoms with E-state index < -0.39 is 128 Å². The van der Waals surface area contributed by atoms with Crippen molar-refractivity contribution >= 4 is 23.9 Å². The van der Waals surface area contributed by atoms with E-state index in [1.54, 1.807) is 13.8 Å². The summed E-state index contributed by atoms with van der Waals surface area (Å²) < 4.78 is 127. The predicted octanol–water partition coefficient (Wildman–Crippen LogP) is 9.01. The second-order valence-corrected chi connectivity index (χ2v) is 20.0. The van der Waals surface area contributed by atoms with E-state index in [9.17, 15) is 24.3 Å². The molecule has 12 atom stereocenters. The average Bonchev–Trinajstić information content (AvgIpc) is 3.44. The van der Waals surface area contributed by atoms with Crippen LogP contribution in [0.3, 0.4) is 0 Å². The zero-order chi connectivity index (χ0) is 49.4. The van der Waals surface area contributed by atoms with Crippen LogP contribution in [0.5, 0.6) is 0 Å². The van der Waals surface area contributed by atoms with Crippen molar-refractivity contribution in [2.75, 3.05) is 27.9 Å². The number of hydrogen-bond donors (Lipinski definition) is 1. The molecule has 1 heterocycles. The summed E-state index contributed by atoms with van der Waals surface area (Å²) in [4.78, 5) is 57.6. The van der Waals surface area contributed by atoms with Crippen molar-refractivity contribution in [3.05, 3.63) is 95.6 Å². The molecule has 2 aromatic rings. The normalized spacial score (nSPS) is 36.1. The van der Waals surface area contributed by atoms with E-state index in [-0.39, 0.29) is 25.7 Å². The lowest BCUT2D eigenvalue weighted by Crippen LogP contribution is -2.78. The molecule has 0 amide bonds. The maximum absolute atomic E-state index is 15.7. The van der Waals surface area contributed by atoms with Gasteiger partial charge in [-0.1, -0.05) is 99.2 Å². The summed E-state index contributed by atoms with van der Waals surface area (Å²) in [6.45, 7) is 7.84. The summed E-state index contributed by atoms with van der Waals surface area (Å²) in [6, 6.07) is 12.2. The van der Waals surface area contributed by atoms with E-state index >= 15 is 26.3 Å². The van der Waals surface area contributed by atoms with Gasteiger partial charge < -0.3 is 33.5 Å². The number of esters is 4. The van der Waals surface area contributed by atoms with Gasteiger partial charge in [-0.05, 0) is 75.5 Å². The van der Waals surface area contributed by atoms with Gasteiger partial charge in [-0.2, -0.15) is 26.3 Å². The van der Waals surface area contributed by atoms with Gasteiger partial charge in [-0.3, -0.25) is 4.79 Å². The maximum Gasteiger partial charge on any atom is 0.432 e. The van der Waals surface area contributed by atoms with Crippen LogP contribution in [0.4, 0.5) is 26.3 Å². The molecule has 1 N–H and O–H groups in total. The molecule has 2 aromatic carbocycles. The van der Waals surface area contributed by atoms with Crippen LogP contribution in [0.25, 0.3) is 0 Å². The third-order valence-electron chi connectivity index (χ3n) is 17.2. The Morgan fingerprint density at radius 3 is 1.88 bits per heavy atom. The minimum absolute atomic E-state index is 0.0366. The lowest BCUT2D eigenvalue weighted by atomic mass is 9.29. The SMILES string of the molecule is COC(=O)[C@@]12CC[C@@]3(C)[C@@H]4C=CC(=O)OC[C@]4([C@@H](C)OC(=O)[C@@](OC)(c4ccccc4)C(F)(F)F)C[C@@H](OC(=O)[C@@](OC)(c4ccccc4)C(F)(F)F)[C@@H]3[C@@]1(C)CC[C@@]1(C)CC=C(C)C[C@]12O. The first-order valence-electron chi connectivity index (χ1n) is 22.3. The Morgan fingerprint density at radius 2 is 1.36 bits per heavy atom. The predicted molar refractivity (Wildman–Crippen MR) is 227 cm³/mol. The highest BCUT2D eigenvalue weighted by molar-refractivity contribution is 5.85. The molecule has 67 heavy (non-hydrogen) atoms. The molecule has 7 rings (SSSR count). The molecule has 1 aliphatic heterocycles. The van der Waals surface area contributed by atoms with Crippen molar-refractivity contribution in [1.29, 1.82) is 0 Å². The van der Waals surface area contributed by atoms with Crippen LogP contribution in [0.1, 0.15) is 90.7 Å². The standard InChI is InChI=1S/C50H58F6O11/c1-30-21-22-41(3)23-25-43(5)37-34(67-40(60)48(64-8,50(54,55)56)33-17-13-10-14-18-33)28-44(31(2)66-39(59)47(63-7,49(51,52)53)32-15-11-9-12-16-32)29-65-36(57)20-19-35(44)42(37,4)24-26-45(43,38(58)62-6)46(41,61)27-30/h9-21,31,34-35,37,61H,22-29H2,1-8H3/t31-,34-,35+,37+,41-,42+,43-,44+,45+,46+,47+,48+/m1/s1. The fourth-order valence-corrected chi connectivity index (χ4v) is 13.8. The van der Waals surface area contributed by atoms with Crippen LogP contribution in [-0.4, -0.2) is 87.1 Å². The summed E-state index contributed by atoms with van der Waals surface area (Å²) in [6.07, 6.45) is -9.38. The molecule has 17 heteroatoms. The molecular weight excluding hydrogens is 891 g/mol. The Labute approximate surface area is 385 Å². The molecular formula is C50H58F6O11. The van der Waals surface area contributed by atoms with Crippen molar-refractivity contribution in [2.24, 2.45) is 38.9 Å². The molecule has 5 aliphatic rings. The molecule has 3 fully saturated rings. The van der Waals surface area contributed by atoms with Gasteiger partial charge in [0.15, 0.2) is 0 Å². The van der Waals surface area contributed by atoms with Crippen molar-refractivity contribution in [2.45, 2.75) is 121 Å². The van der Waals surface area contributed by atoms with E-state index in [4.69, 9.17) is 28.4 Å². The number of rotatable bonds is 10. The Kier molecular flexibility index (Phi) is 12.5.